The summed E-state index contributed by atoms with van der Waals surface area (Å²) in [6, 6.07) is 9.39. The van der Waals surface area contributed by atoms with Gasteiger partial charge in [0.25, 0.3) is 5.56 Å². The molecule has 3 aromatic rings. The summed E-state index contributed by atoms with van der Waals surface area (Å²) in [7, 11) is 0. The third-order valence-corrected chi connectivity index (χ3v) is 3.75. The van der Waals surface area contributed by atoms with Crippen LogP contribution in [0.5, 0.6) is 0 Å². The molecule has 0 aliphatic heterocycles. The normalized spacial score (nSPS) is 10.4. The Morgan fingerprint density at radius 2 is 1.95 bits per heavy atom. The van der Waals surface area contributed by atoms with E-state index >= 15 is 0 Å². The fourth-order valence-electron chi connectivity index (χ4n) is 2.08. The van der Waals surface area contributed by atoms with E-state index in [4.69, 9.17) is 0 Å². The number of nitrogens with zero attached hydrogens (tertiary/aromatic N) is 3. The van der Waals surface area contributed by atoms with Crippen LogP contribution >= 0.6 is 11.8 Å². The Hall–Kier alpha value is -2.85. The molecule has 1 aromatic carbocycles. The Balaban J connectivity index is 2.10. The van der Waals surface area contributed by atoms with Crippen LogP contribution < -0.4 is 5.56 Å². The number of hydrogen-bond donors (Lipinski definition) is 2. The van der Waals surface area contributed by atoms with Gasteiger partial charge >= 0.3 is 0 Å². The van der Waals surface area contributed by atoms with Gasteiger partial charge in [-0.3, -0.25) is 4.79 Å². The van der Waals surface area contributed by atoms with Gasteiger partial charge in [-0.2, -0.15) is 5.26 Å². The maximum absolute atomic E-state index is 11.9. The largest absolute Gasteiger partial charge is 0.345 e. The van der Waals surface area contributed by atoms with Crippen LogP contribution in [0, 0.1) is 11.3 Å². The summed E-state index contributed by atoms with van der Waals surface area (Å²) >= 11 is 1.32. The summed E-state index contributed by atoms with van der Waals surface area (Å²) in [5, 5.41) is 9.68. The maximum atomic E-state index is 11.9. The molecule has 6 nitrogen and oxygen atoms in total. The van der Waals surface area contributed by atoms with Crippen LogP contribution in [0.1, 0.15) is 5.56 Å². The first-order valence-corrected chi connectivity index (χ1v) is 7.63. The van der Waals surface area contributed by atoms with E-state index in [1.165, 1.54) is 11.8 Å². The first-order chi connectivity index (χ1) is 10.7. The Kier molecular flexibility index (Phi) is 3.76. The zero-order chi connectivity index (χ0) is 15.5. The molecule has 0 saturated carbocycles. The van der Waals surface area contributed by atoms with Gasteiger partial charge in [-0.05, 0) is 11.8 Å². The minimum atomic E-state index is -0.422. The van der Waals surface area contributed by atoms with Crippen molar-refractivity contribution in [2.45, 2.75) is 5.16 Å². The van der Waals surface area contributed by atoms with Crippen molar-refractivity contribution in [2.24, 2.45) is 0 Å². The van der Waals surface area contributed by atoms with E-state index in [0.29, 0.717) is 10.9 Å². The molecule has 7 heteroatoms. The van der Waals surface area contributed by atoms with E-state index in [0.717, 1.165) is 16.8 Å². The zero-order valence-electron chi connectivity index (χ0n) is 11.6. The van der Waals surface area contributed by atoms with E-state index in [-0.39, 0.29) is 5.56 Å². The molecular formula is C15H11N5OS. The van der Waals surface area contributed by atoms with Crippen LogP contribution in [-0.2, 0) is 0 Å². The third-order valence-electron chi connectivity index (χ3n) is 3.17. The second-order valence-corrected chi connectivity index (χ2v) is 5.25. The van der Waals surface area contributed by atoms with Crippen LogP contribution in [-0.4, -0.2) is 26.2 Å². The SMILES string of the molecule is CSc1nc(-c2ccc(-c3cnc[nH]3)cc2)c(C#N)c(=O)[nH]1. The molecule has 0 saturated heterocycles. The number of nitriles is 1. The minimum absolute atomic E-state index is 0.0205. The van der Waals surface area contributed by atoms with Crippen molar-refractivity contribution in [1.29, 1.82) is 5.26 Å². The number of rotatable bonds is 3. The second-order valence-electron chi connectivity index (χ2n) is 4.45. The molecule has 3 rings (SSSR count). The van der Waals surface area contributed by atoms with Crippen LogP contribution in [0.2, 0.25) is 0 Å². The van der Waals surface area contributed by atoms with Crippen molar-refractivity contribution in [3.8, 4) is 28.6 Å². The highest BCUT2D eigenvalue weighted by atomic mass is 32.2. The molecule has 108 valence electrons. The lowest BCUT2D eigenvalue weighted by Crippen LogP contribution is -2.14. The van der Waals surface area contributed by atoms with Gasteiger partial charge in [-0.25, -0.2) is 9.97 Å². The molecule has 2 aromatic heterocycles. The molecule has 0 amide bonds. The van der Waals surface area contributed by atoms with Gasteiger partial charge in [0.1, 0.15) is 11.6 Å². The van der Waals surface area contributed by atoms with Crippen molar-refractivity contribution < 1.29 is 0 Å². The fourth-order valence-corrected chi connectivity index (χ4v) is 2.46. The summed E-state index contributed by atoms with van der Waals surface area (Å²) in [5.41, 5.74) is 2.58. The lowest BCUT2D eigenvalue weighted by Gasteiger charge is -2.06. The number of H-pyrrole nitrogens is 2. The number of hydrogen-bond acceptors (Lipinski definition) is 5. The summed E-state index contributed by atoms with van der Waals surface area (Å²) in [6.45, 7) is 0. The summed E-state index contributed by atoms with van der Waals surface area (Å²) < 4.78 is 0. The lowest BCUT2D eigenvalue weighted by atomic mass is 10.0. The molecule has 0 aliphatic rings. The van der Waals surface area contributed by atoms with Gasteiger partial charge < -0.3 is 9.97 Å². The monoisotopic (exact) mass is 309 g/mol. The molecule has 22 heavy (non-hydrogen) atoms. The fraction of sp³-hybridized carbons (Fsp3) is 0.0667. The highest BCUT2D eigenvalue weighted by molar-refractivity contribution is 7.98. The van der Waals surface area contributed by atoms with E-state index in [9.17, 15) is 10.1 Å². The molecule has 0 aliphatic carbocycles. The minimum Gasteiger partial charge on any atom is -0.345 e. The smallest absolute Gasteiger partial charge is 0.270 e. The van der Waals surface area contributed by atoms with Gasteiger partial charge in [-0.15, -0.1) is 0 Å². The van der Waals surface area contributed by atoms with Gasteiger partial charge in [0, 0.05) is 5.56 Å². The predicted octanol–water partition coefficient (Wildman–Crippen LogP) is 2.42. The predicted molar refractivity (Wildman–Crippen MR) is 84.4 cm³/mol. The number of imidazole rings is 1. The van der Waals surface area contributed by atoms with E-state index in [1.807, 2.05) is 36.6 Å². The quantitative estimate of drug-likeness (QED) is 0.572. The number of thioether (sulfide) groups is 1. The Labute approximate surface area is 130 Å². The van der Waals surface area contributed by atoms with Gasteiger partial charge in [-0.1, -0.05) is 36.0 Å². The van der Waals surface area contributed by atoms with Crippen LogP contribution in [0.3, 0.4) is 0 Å². The van der Waals surface area contributed by atoms with E-state index in [2.05, 4.69) is 19.9 Å². The Morgan fingerprint density at radius 1 is 1.23 bits per heavy atom. The van der Waals surface area contributed by atoms with Crippen LogP contribution in [0.4, 0.5) is 0 Å². The van der Waals surface area contributed by atoms with Gasteiger partial charge in [0.05, 0.1) is 23.9 Å². The Bertz CT molecular complexity index is 891. The summed E-state index contributed by atoms with van der Waals surface area (Å²) in [6.07, 6.45) is 5.16. The molecule has 2 N–H and O–H groups in total. The van der Waals surface area contributed by atoms with Crippen LogP contribution in [0.15, 0.2) is 46.7 Å². The summed E-state index contributed by atoms with van der Waals surface area (Å²) in [5.74, 6) is 0. The third kappa shape index (κ3) is 2.52. The van der Waals surface area contributed by atoms with Crippen molar-refractivity contribution in [3.05, 3.63) is 52.7 Å². The number of nitrogens with one attached hydrogen (secondary N) is 2. The molecule has 0 fully saturated rings. The first-order valence-electron chi connectivity index (χ1n) is 6.40. The number of benzene rings is 1. The highest BCUT2D eigenvalue weighted by Crippen LogP contribution is 2.24. The van der Waals surface area contributed by atoms with E-state index < -0.39 is 5.56 Å². The average Bonchev–Trinajstić information content (AvgIpc) is 3.08. The average molecular weight is 309 g/mol. The van der Waals surface area contributed by atoms with Crippen LogP contribution in [0.25, 0.3) is 22.5 Å². The van der Waals surface area contributed by atoms with E-state index in [1.54, 1.807) is 12.5 Å². The zero-order valence-corrected chi connectivity index (χ0v) is 12.4. The molecule has 0 unspecified atom stereocenters. The summed E-state index contributed by atoms with van der Waals surface area (Å²) in [4.78, 5) is 25.9. The number of aromatic amines is 2. The maximum Gasteiger partial charge on any atom is 0.270 e. The van der Waals surface area contributed by atoms with Crippen molar-refractivity contribution in [2.75, 3.05) is 6.26 Å². The Morgan fingerprint density at radius 3 is 2.55 bits per heavy atom. The molecule has 0 radical (unpaired) electrons. The van der Waals surface area contributed by atoms with Gasteiger partial charge in [0.15, 0.2) is 5.16 Å². The molecule has 2 heterocycles. The standard InChI is InChI=1S/C15H11N5OS/c1-22-15-19-13(11(6-16)14(21)20-15)10-4-2-9(3-5-10)12-7-17-8-18-12/h2-5,7-8H,1H3,(H,17,18)(H,19,20,21). The van der Waals surface area contributed by atoms with Gasteiger partial charge in [0.2, 0.25) is 0 Å². The molecule has 0 spiro atoms. The van der Waals surface area contributed by atoms with Crippen molar-refractivity contribution in [3.63, 3.8) is 0 Å². The van der Waals surface area contributed by atoms with Crippen molar-refractivity contribution in [1.82, 2.24) is 19.9 Å². The highest BCUT2D eigenvalue weighted by Gasteiger charge is 2.13. The topological polar surface area (TPSA) is 98.2 Å². The molecular weight excluding hydrogens is 298 g/mol. The second kappa shape index (κ2) is 5.87. The number of aromatic nitrogens is 4. The lowest BCUT2D eigenvalue weighted by molar-refractivity contribution is 0.937. The van der Waals surface area contributed by atoms with Crippen molar-refractivity contribution >= 4 is 11.8 Å². The first kappa shape index (κ1) is 14.1. The molecule has 0 atom stereocenters. The molecule has 0 bridgehead atoms.